The van der Waals surface area contributed by atoms with Gasteiger partial charge in [-0.1, -0.05) is 24.3 Å². The van der Waals surface area contributed by atoms with E-state index in [1.165, 1.54) is 11.1 Å². The number of aryl methyl sites for hydroxylation is 2. The summed E-state index contributed by atoms with van der Waals surface area (Å²) in [6, 6.07) is 8.36. The number of hydrogen-bond acceptors (Lipinski definition) is 0. The molecule has 1 aromatic carbocycles. The van der Waals surface area contributed by atoms with E-state index in [2.05, 4.69) is 38.1 Å². The minimum absolute atomic E-state index is 0. The summed E-state index contributed by atoms with van der Waals surface area (Å²) in [5.41, 5.74) is 2.74. The molecular weight excluding hydrogens is 297 g/mol. The normalized spacial score (nSPS) is 8.22. The Labute approximate surface area is 76.8 Å². The Morgan fingerprint density at radius 3 is 1.44 bits per heavy atom. The van der Waals surface area contributed by atoms with Crippen LogP contribution in [0.4, 0.5) is 0 Å². The maximum absolute atomic E-state index is 2.12. The van der Waals surface area contributed by atoms with Gasteiger partial charge in [-0.2, -0.15) is 0 Å². The Morgan fingerprint density at radius 1 is 0.889 bits per heavy atom. The third kappa shape index (κ3) is 2.48. The SMILES string of the molecule is Cc1ccccc1C.[Hg]. The second kappa shape index (κ2) is 4.05. The van der Waals surface area contributed by atoms with Crippen molar-refractivity contribution in [1.29, 1.82) is 0 Å². The van der Waals surface area contributed by atoms with Crippen LogP contribution in [0.2, 0.25) is 0 Å². The number of hydrogen-bond donors (Lipinski definition) is 0. The molecule has 0 N–H and O–H groups in total. The quantitative estimate of drug-likeness (QED) is 0.645. The van der Waals surface area contributed by atoms with Gasteiger partial charge in [0.2, 0.25) is 0 Å². The molecule has 0 saturated carbocycles. The molecule has 9 heavy (non-hydrogen) atoms. The van der Waals surface area contributed by atoms with Gasteiger partial charge in [0.05, 0.1) is 0 Å². The van der Waals surface area contributed by atoms with Crippen molar-refractivity contribution in [3.05, 3.63) is 35.4 Å². The maximum Gasteiger partial charge on any atom is 0 e. The Morgan fingerprint density at radius 2 is 1.22 bits per heavy atom. The topological polar surface area (TPSA) is 0 Å². The van der Waals surface area contributed by atoms with Crippen molar-refractivity contribution in [2.45, 2.75) is 13.8 Å². The molecule has 0 radical (unpaired) electrons. The molecular formula is C8H10Hg. The van der Waals surface area contributed by atoms with E-state index in [0.717, 1.165) is 0 Å². The fraction of sp³-hybridized carbons (Fsp3) is 0.250. The average Bonchev–Trinajstić information content (AvgIpc) is 1.77. The average molecular weight is 307 g/mol. The molecule has 0 aliphatic rings. The van der Waals surface area contributed by atoms with E-state index >= 15 is 0 Å². The van der Waals surface area contributed by atoms with Crippen molar-refractivity contribution in [3.8, 4) is 0 Å². The van der Waals surface area contributed by atoms with Crippen LogP contribution in [0.15, 0.2) is 24.3 Å². The van der Waals surface area contributed by atoms with Gasteiger partial charge in [-0.05, 0) is 25.0 Å². The first-order chi connectivity index (χ1) is 3.80. The summed E-state index contributed by atoms with van der Waals surface area (Å²) in [5, 5.41) is 0. The third-order valence-corrected chi connectivity index (χ3v) is 1.43. The molecule has 0 aromatic heterocycles. The van der Waals surface area contributed by atoms with Crippen molar-refractivity contribution >= 4 is 0 Å². The van der Waals surface area contributed by atoms with Crippen LogP contribution in [-0.2, 0) is 27.7 Å². The van der Waals surface area contributed by atoms with Crippen LogP contribution in [0, 0.1) is 13.8 Å². The Bertz CT molecular complexity index is 161. The van der Waals surface area contributed by atoms with Gasteiger partial charge in [0.1, 0.15) is 0 Å². The molecule has 0 amide bonds. The van der Waals surface area contributed by atoms with Gasteiger partial charge in [-0.25, -0.2) is 0 Å². The summed E-state index contributed by atoms with van der Waals surface area (Å²) in [5.74, 6) is 0. The zero-order chi connectivity index (χ0) is 5.98. The first-order valence-electron chi connectivity index (χ1n) is 2.83. The summed E-state index contributed by atoms with van der Waals surface area (Å²) in [6.07, 6.45) is 0. The van der Waals surface area contributed by atoms with Gasteiger partial charge in [0, 0.05) is 27.7 Å². The van der Waals surface area contributed by atoms with Crippen LogP contribution < -0.4 is 0 Å². The molecule has 1 heteroatoms. The zero-order valence-corrected chi connectivity index (χ0v) is 11.5. The largest absolute Gasteiger partial charge is 0.0620 e. The fourth-order valence-corrected chi connectivity index (χ4v) is 0.663. The first-order valence-corrected chi connectivity index (χ1v) is 2.83. The van der Waals surface area contributed by atoms with Crippen molar-refractivity contribution < 1.29 is 27.7 Å². The van der Waals surface area contributed by atoms with Crippen molar-refractivity contribution in [2.75, 3.05) is 0 Å². The summed E-state index contributed by atoms with van der Waals surface area (Å²) < 4.78 is 0. The minimum atomic E-state index is 0. The van der Waals surface area contributed by atoms with Gasteiger partial charge in [0.25, 0.3) is 0 Å². The van der Waals surface area contributed by atoms with Crippen LogP contribution in [-0.4, -0.2) is 0 Å². The Balaban J connectivity index is 0.000000640. The molecule has 0 nitrogen and oxygen atoms in total. The van der Waals surface area contributed by atoms with Crippen molar-refractivity contribution in [1.82, 2.24) is 0 Å². The van der Waals surface area contributed by atoms with Crippen LogP contribution >= 0.6 is 0 Å². The standard InChI is InChI=1S/C8H10.Hg/c1-7-5-3-4-6-8(7)2;/h3-6H,1-2H3;. The third-order valence-electron chi connectivity index (χ3n) is 1.43. The molecule has 0 saturated heterocycles. The van der Waals surface area contributed by atoms with Gasteiger partial charge < -0.3 is 0 Å². The van der Waals surface area contributed by atoms with Gasteiger partial charge in [-0.15, -0.1) is 0 Å². The van der Waals surface area contributed by atoms with Crippen molar-refractivity contribution in [3.63, 3.8) is 0 Å². The first kappa shape index (κ1) is 9.16. The van der Waals surface area contributed by atoms with Crippen LogP contribution in [0.3, 0.4) is 0 Å². The van der Waals surface area contributed by atoms with E-state index in [0.29, 0.717) is 0 Å². The molecule has 0 heterocycles. The van der Waals surface area contributed by atoms with E-state index in [4.69, 9.17) is 0 Å². The predicted octanol–water partition coefficient (Wildman–Crippen LogP) is 2.30. The molecule has 1 aromatic rings. The fourth-order valence-electron chi connectivity index (χ4n) is 0.663. The monoisotopic (exact) mass is 308 g/mol. The molecule has 1 rings (SSSR count). The summed E-state index contributed by atoms with van der Waals surface area (Å²) in [7, 11) is 0. The van der Waals surface area contributed by atoms with E-state index in [1.807, 2.05) is 0 Å². The van der Waals surface area contributed by atoms with E-state index in [1.54, 1.807) is 0 Å². The number of benzene rings is 1. The van der Waals surface area contributed by atoms with E-state index < -0.39 is 0 Å². The predicted molar refractivity (Wildman–Crippen MR) is 35.9 cm³/mol. The summed E-state index contributed by atoms with van der Waals surface area (Å²) in [4.78, 5) is 0. The maximum atomic E-state index is 2.12. The molecule has 0 fully saturated rings. The number of rotatable bonds is 0. The zero-order valence-electron chi connectivity index (χ0n) is 6.02. The second-order valence-electron chi connectivity index (χ2n) is 2.08. The smallest absolute Gasteiger partial charge is 0 e. The van der Waals surface area contributed by atoms with Crippen molar-refractivity contribution in [2.24, 2.45) is 0 Å². The Kier molecular flexibility index (Phi) is 4.12. The molecule has 0 atom stereocenters. The van der Waals surface area contributed by atoms with Crippen LogP contribution in [0.1, 0.15) is 11.1 Å². The molecule has 0 spiro atoms. The molecule has 44 valence electrons. The minimum Gasteiger partial charge on any atom is -0.0620 e. The van der Waals surface area contributed by atoms with Crippen LogP contribution in [0.25, 0.3) is 0 Å². The Hall–Kier alpha value is 0.155. The molecule has 0 unspecified atom stereocenters. The van der Waals surface area contributed by atoms with Gasteiger partial charge in [-0.3, -0.25) is 0 Å². The molecule has 0 aliphatic heterocycles. The summed E-state index contributed by atoms with van der Waals surface area (Å²) >= 11 is 0. The molecule has 0 aliphatic carbocycles. The van der Waals surface area contributed by atoms with Gasteiger partial charge in [0.15, 0.2) is 0 Å². The van der Waals surface area contributed by atoms with E-state index in [-0.39, 0.29) is 27.7 Å². The summed E-state index contributed by atoms with van der Waals surface area (Å²) in [6.45, 7) is 4.24. The van der Waals surface area contributed by atoms with Crippen LogP contribution in [0.5, 0.6) is 0 Å². The van der Waals surface area contributed by atoms with E-state index in [9.17, 15) is 0 Å². The second-order valence-corrected chi connectivity index (χ2v) is 2.08. The molecule has 0 bridgehead atoms. The van der Waals surface area contributed by atoms with Gasteiger partial charge >= 0.3 is 0 Å².